The molecule has 0 aliphatic carbocycles. The van der Waals surface area contributed by atoms with Crippen molar-refractivity contribution in [2.75, 3.05) is 6.54 Å². The molecule has 0 saturated carbocycles. The Bertz CT molecular complexity index is 640. The Balaban J connectivity index is 1.98. The highest BCUT2D eigenvalue weighted by molar-refractivity contribution is 7.85. The largest absolute Gasteiger partial charge is 0.444 e. The molecule has 1 aromatic carbocycles. The lowest BCUT2D eigenvalue weighted by atomic mass is 10.2. The van der Waals surface area contributed by atoms with Gasteiger partial charge in [0.15, 0.2) is 0 Å². The summed E-state index contributed by atoms with van der Waals surface area (Å²) in [6.45, 7) is 4.24. The van der Waals surface area contributed by atoms with Gasteiger partial charge < -0.3 is 9.73 Å². The molecule has 0 aliphatic heterocycles. The predicted molar refractivity (Wildman–Crippen MR) is 86.5 cm³/mol. The summed E-state index contributed by atoms with van der Waals surface area (Å²) in [6.07, 6.45) is 2.35. The maximum atomic E-state index is 12.2. The zero-order valence-electron chi connectivity index (χ0n) is 12.7. The average Bonchev–Trinajstić information content (AvgIpc) is 3.01. The van der Waals surface area contributed by atoms with Crippen LogP contribution in [0.2, 0.25) is 0 Å². The molecular formula is C16H20N2O3S. The highest BCUT2D eigenvalue weighted by Crippen LogP contribution is 2.19. The zero-order chi connectivity index (χ0) is 15.9. The van der Waals surface area contributed by atoms with E-state index < -0.39 is 16.0 Å². The lowest BCUT2D eigenvalue weighted by Crippen LogP contribution is -2.36. The Kier molecular flexibility index (Phi) is 5.89. The van der Waals surface area contributed by atoms with E-state index in [0.717, 1.165) is 12.0 Å². The van der Waals surface area contributed by atoms with E-state index in [-0.39, 0.29) is 11.7 Å². The molecule has 2 rings (SSSR count). The van der Waals surface area contributed by atoms with Crippen LogP contribution in [0.1, 0.15) is 26.0 Å². The molecule has 5 nitrogen and oxygen atoms in total. The first-order valence-electron chi connectivity index (χ1n) is 7.26. The van der Waals surface area contributed by atoms with Gasteiger partial charge in [-0.2, -0.15) is 0 Å². The van der Waals surface area contributed by atoms with E-state index in [4.69, 9.17) is 4.42 Å². The summed E-state index contributed by atoms with van der Waals surface area (Å²) in [5.41, 5.74) is 1.46. The molecule has 6 heteroatoms. The Morgan fingerprint density at radius 3 is 2.77 bits per heavy atom. The van der Waals surface area contributed by atoms with Crippen molar-refractivity contribution in [1.82, 2.24) is 10.3 Å². The fraction of sp³-hybridized carbons (Fsp3) is 0.375. The molecule has 0 bridgehead atoms. The van der Waals surface area contributed by atoms with Gasteiger partial charge in [-0.25, -0.2) is 4.98 Å². The van der Waals surface area contributed by atoms with Crippen LogP contribution in [0.4, 0.5) is 0 Å². The Labute approximate surface area is 132 Å². The molecule has 118 valence electrons. The van der Waals surface area contributed by atoms with Gasteiger partial charge >= 0.3 is 0 Å². The van der Waals surface area contributed by atoms with Gasteiger partial charge in [0.2, 0.25) is 11.8 Å². The summed E-state index contributed by atoms with van der Waals surface area (Å²) in [4.78, 5) is 16.1. The molecule has 0 aliphatic rings. The third-order valence-electron chi connectivity index (χ3n) is 3.18. The van der Waals surface area contributed by atoms with Gasteiger partial charge in [-0.15, -0.1) is 0 Å². The third-order valence-corrected chi connectivity index (χ3v) is 4.76. The van der Waals surface area contributed by atoms with Gasteiger partial charge in [-0.3, -0.25) is 9.00 Å². The minimum Gasteiger partial charge on any atom is -0.444 e. The highest BCUT2D eigenvalue weighted by atomic mass is 32.2. The Hall–Kier alpha value is -1.95. The van der Waals surface area contributed by atoms with Crippen molar-refractivity contribution < 1.29 is 13.4 Å². The number of hydrogen-bond acceptors (Lipinski definition) is 4. The van der Waals surface area contributed by atoms with Crippen molar-refractivity contribution in [3.63, 3.8) is 0 Å². The maximum absolute atomic E-state index is 12.2. The molecule has 2 aromatic rings. The van der Waals surface area contributed by atoms with Crippen LogP contribution in [-0.4, -0.2) is 26.9 Å². The van der Waals surface area contributed by atoms with Gasteiger partial charge in [0.25, 0.3) is 0 Å². The first-order valence-corrected chi connectivity index (χ1v) is 8.64. The number of rotatable bonds is 7. The fourth-order valence-corrected chi connectivity index (χ4v) is 2.86. The third kappa shape index (κ3) is 4.27. The number of carbonyl (C=O) groups is 1. The van der Waals surface area contributed by atoms with Crippen LogP contribution < -0.4 is 5.32 Å². The number of aromatic nitrogens is 1. The van der Waals surface area contributed by atoms with Crippen molar-refractivity contribution >= 4 is 16.7 Å². The molecule has 22 heavy (non-hydrogen) atoms. The van der Waals surface area contributed by atoms with Crippen LogP contribution in [0, 0.1) is 0 Å². The van der Waals surface area contributed by atoms with Crippen LogP contribution in [0.15, 0.2) is 41.0 Å². The molecule has 0 unspecified atom stereocenters. The topological polar surface area (TPSA) is 72.2 Å². The molecule has 0 radical (unpaired) electrons. The van der Waals surface area contributed by atoms with Gasteiger partial charge in [-0.1, -0.05) is 25.1 Å². The van der Waals surface area contributed by atoms with E-state index in [1.165, 1.54) is 6.26 Å². The monoisotopic (exact) mass is 320 g/mol. The van der Waals surface area contributed by atoms with E-state index in [0.29, 0.717) is 18.1 Å². The van der Waals surface area contributed by atoms with Crippen LogP contribution in [0.25, 0.3) is 11.5 Å². The molecule has 1 heterocycles. The number of carbonyl (C=O) groups excluding carboxylic acids is 1. The fourth-order valence-electron chi connectivity index (χ4n) is 1.87. The second-order valence-electron chi connectivity index (χ2n) is 4.97. The summed E-state index contributed by atoms with van der Waals surface area (Å²) in [7, 11) is -1.33. The second-order valence-corrected chi connectivity index (χ2v) is 6.73. The minimum absolute atomic E-state index is 0.188. The standard InChI is InChI=1S/C16H20N2O3S/c1-3-9-17-15(19)12(2)22(20)11-14-10-21-16(18-14)13-7-5-4-6-8-13/h4-8,10,12H,3,9,11H2,1-2H3,(H,17,19)/t12-,22-/m1/s1. The SMILES string of the molecule is CCCNC(=O)[C@@H](C)[S@](=O)Cc1coc(-c2ccccc2)n1. The average molecular weight is 320 g/mol. The Morgan fingerprint density at radius 1 is 1.36 bits per heavy atom. The van der Waals surface area contributed by atoms with Crippen molar-refractivity contribution in [2.24, 2.45) is 0 Å². The number of oxazole rings is 1. The van der Waals surface area contributed by atoms with E-state index in [9.17, 15) is 9.00 Å². The molecule has 1 amide bonds. The molecule has 1 aromatic heterocycles. The van der Waals surface area contributed by atoms with E-state index in [1.807, 2.05) is 37.3 Å². The molecule has 0 spiro atoms. The number of hydrogen-bond donors (Lipinski definition) is 1. The van der Waals surface area contributed by atoms with Gasteiger partial charge in [-0.05, 0) is 25.5 Å². The maximum Gasteiger partial charge on any atom is 0.235 e. The lowest BCUT2D eigenvalue weighted by molar-refractivity contribution is -0.120. The van der Waals surface area contributed by atoms with Crippen molar-refractivity contribution in [2.45, 2.75) is 31.3 Å². The molecule has 0 saturated heterocycles. The molecule has 2 atom stereocenters. The second kappa shape index (κ2) is 7.89. The van der Waals surface area contributed by atoms with Crippen molar-refractivity contribution in [3.8, 4) is 11.5 Å². The summed E-state index contributed by atoms with van der Waals surface area (Å²) < 4.78 is 17.6. The minimum atomic E-state index is -1.33. The van der Waals surface area contributed by atoms with Gasteiger partial charge in [0.1, 0.15) is 11.5 Å². The van der Waals surface area contributed by atoms with Crippen molar-refractivity contribution in [1.29, 1.82) is 0 Å². The van der Waals surface area contributed by atoms with Crippen LogP contribution in [-0.2, 0) is 21.3 Å². The van der Waals surface area contributed by atoms with E-state index >= 15 is 0 Å². The van der Waals surface area contributed by atoms with E-state index in [2.05, 4.69) is 10.3 Å². The zero-order valence-corrected chi connectivity index (χ0v) is 13.6. The molecule has 1 N–H and O–H groups in total. The quantitative estimate of drug-likeness (QED) is 0.851. The van der Waals surface area contributed by atoms with E-state index in [1.54, 1.807) is 6.92 Å². The number of benzene rings is 1. The smallest absolute Gasteiger partial charge is 0.235 e. The highest BCUT2D eigenvalue weighted by Gasteiger charge is 2.21. The van der Waals surface area contributed by atoms with Crippen LogP contribution in [0.3, 0.4) is 0 Å². The molecular weight excluding hydrogens is 300 g/mol. The number of amides is 1. The van der Waals surface area contributed by atoms with Gasteiger partial charge in [0, 0.05) is 22.9 Å². The number of nitrogens with one attached hydrogen (secondary N) is 1. The van der Waals surface area contributed by atoms with Gasteiger partial charge in [0.05, 0.1) is 11.4 Å². The first kappa shape index (κ1) is 16.4. The summed E-state index contributed by atoms with van der Waals surface area (Å²) >= 11 is 0. The summed E-state index contributed by atoms with van der Waals surface area (Å²) in [5, 5.41) is 2.19. The first-order chi connectivity index (χ1) is 10.6. The van der Waals surface area contributed by atoms with Crippen LogP contribution >= 0.6 is 0 Å². The number of nitrogens with zero attached hydrogens (tertiary/aromatic N) is 1. The van der Waals surface area contributed by atoms with Crippen molar-refractivity contribution in [3.05, 3.63) is 42.3 Å². The summed E-state index contributed by atoms with van der Waals surface area (Å²) in [6, 6.07) is 9.51. The predicted octanol–water partition coefficient (Wildman–Crippen LogP) is 2.51. The summed E-state index contributed by atoms with van der Waals surface area (Å²) in [5.74, 6) is 0.513. The van der Waals surface area contributed by atoms with Crippen LogP contribution in [0.5, 0.6) is 0 Å². The molecule has 0 fully saturated rings. The Morgan fingerprint density at radius 2 is 2.09 bits per heavy atom. The lowest BCUT2D eigenvalue weighted by Gasteiger charge is -2.10. The normalized spacial score (nSPS) is 13.5.